The predicted molar refractivity (Wildman–Crippen MR) is 128 cm³/mol. The van der Waals surface area contributed by atoms with Gasteiger partial charge in [-0.25, -0.2) is 9.79 Å². The number of allylic oxidation sites excluding steroid dienone is 1. The summed E-state index contributed by atoms with van der Waals surface area (Å²) in [4.78, 5) is 31.4. The van der Waals surface area contributed by atoms with Crippen molar-refractivity contribution in [2.24, 2.45) is 4.99 Å². The molecule has 0 amide bonds. The fourth-order valence-corrected chi connectivity index (χ4v) is 5.00. The molecule has 0 aliphatic carbocycles. The Balaban J connectivity index is 1.97. The lowest BCUT2D eigenvalue weighted by Crippen LogP contribution is -2.39. The van der Waals surface area contributed by atoms with Crippen LogP contribution in [0.25, 0.3) is 6.08 Å². The van der Waals surface area contributed by atoms with E-state index in [0.29, 0.717) is 43.4 Å². The van der Waals surface area contributed by atoms with Gasteiger partial charge in [0.05, 0.1) is 50.3 Å². The van der Waals surface area contributed by atoms with Gasteiger partial charge >= 0.3 is 5.97 Å². The van der Waals surface area contributed by atoms with Gasteiger partial charge in [-0.2, -0.15) is 0 Å². The number of carbonyl (C=O) groups excluding carboxylic acids is 1. The van der Waals surface area contributed by atoms with Crippen molar-refractivity contribution in [2.45, 2.75) is 13.0 Å². The highest BCUT2D eigenvalue weighted by Crippen LogP contribution is 2.32. The van der Waals surface area contributed by atoms with Gasteiger partial charge in [0, 0.05) is 5.56 Å². The normalized spacial score (nSPS) is 15.4. The van der Waals surface area contributed by atoms with Crippen LogP contribution in [0.2, 0.25) is 0 Å². The Kier molecular flexibility index (Phi) is 6.56. The number of benzene rings is 2. The standard InChI is InChI=1S/C25H24N2O6S/c1-14-20(24(29)33-5)21(15-9-11-17(30-2)12-10-15)27-23(28)19(34-25(27)26-14)13-16-7-6-8-18(31-3)22(16)32-4/h6-13,21H,1-5H3/b19-13+. The van der Waals surface area contributed by atoms with E-state index in [4.69, 9.17) is 18.9 Å². The minimum atomic E-state index is -0.691. The molecule has 0 fully saturated rings. The van der Waals surface area contributed by atoms with E-state index >= 15 is 0 Å². The van der Waals surface area contributed by atoms with Crippen LogP contribution in [0.5, 0.6) is 17.2 Å². The summed E-state index contributed by atoms with van der Waals surface area (Å²) in [5.41, 5.74) is 1.97. The lowest BCUT2D eigenvalue weighted by atomic mass is 9.96. The lowest BCUT2D eigenvalue weighted by molar-refractivity contribution is -0.136. The van der Waals surface area contributed by atoms with Crippen molar-refractivity contribution in [3.63, 3.8) is 0 Å². The van der Waals surface area contributed by atoms with Crippen LogP contribution in [-0.4, -0.2) is 39.0 Å². The van der Waals surface area contributed by atoms with Gasteiger partial charge < -0.3 is 18.9 Å². The van der Waals surface area contributed by atoms with E-state index in [1.165, 1.54) is 23.0 Å². The fraction of sp³-hybridized carbons (Fsp3) is 0.240. The van der Waals surface area contributed by atoms with Crippen LogP contribution >= 0.6 is 11.3 Å². The number of methoxy groups -OCH3 is 4. The quantitative estimate of drug-likeness (QED) is 0.504. The minimum Gasteiger partial charge on any atom is -0.497 e. The number of nitrogens with zero attached hydrogens (tertiary/aromatic N) is 2. The van der Waals surface area contributed by atoms with Gasteiger partial charge in [0.15, 0.2) is 16.3 Å². The zero-order chi connectivity index (χ0) is 24.4. The van der Waals surface area contributed by atoms with Gasteiger partial charge in [-0.3, -0.25) is 9.36 Å². The molecule has 0 bridgehead atoms. The lowest BCUT2D eigenvalue weighted by Gasteiger charge is -2.24. The first-order chi connectivity index (χ1) is 16.4. The van der Waals surface area contributed by atoms with E-state index in [2.05, 4.69) is 4.99 Å². The van der Waals surface area contributed by atoms with Crippen molar-refractivity contribution in [1.29, 1.82) is 0 Å². The maximum absolute atomic E-state index is 13.7. The Labute approximate surface area is 200 Å². The van der Waals surface area contributed by atoms with Gasteiger partial charge in [0.25, 0.3) is 5.56 Å². The molecule has 0 saturated heterocycles. The second-order valence-electron chi connectivity index (χ2n) is 7.43. The number of carbonyl (C=O) groups is 1. The van der Waals surface area contributed by atoms with Crippen molar-refractivity contribution in [3.8, 4) is 17.2 Å². The van der Waals surface area contributed by atoms with Crippen LogP contribution in [0.3, 0.4) is 0 Å². The number of hydrogen-bond donors (Lipinski definition) is 0. The zero-order valence-electron chi connectivity index (χ0n) is 19.4. The summed E-state index contributed by atoms with van der Waals surface area (Å²) in [6.07, 6.45) is 1.74. The van der Waals surface area contributed by atoms with Gasteiger partial charge in [-0.1, -0.05) is 35.6 Å². The molecule has 9 heteroatoms. The first-order valence-corrected chi connectivity index (χ1v) is 11.2. The van der Waals surface area contributed by atoms with Crippen LogP contribution in [0.1, 0.15) is 24.1 Å². The fourth-order valence-electron chi connectivity index (χ4n) is 3.96. The Morgan fingerprint density at radius 3 is 2.38 bits per heavy atom. The Morgan fingerprint density at radius 2 is 1.76 bits per heavy atom. The van der Waals surface area contributed by atoms with Crippen molar-refractivity contribution in [3.05, 3.63) is 84.5 Å². The molecule has 2 heterocycles. The second-order valence-corrected chi connectivity index (χ2v) is 8.44. The van der Waals surface area contributed by atoms with Gasteiger partial charge in [-0.05, 0) is 36.8 Å². The summed E-state index contributed by atoms with van der Waals surface area (Å²) < 4.78 is 23.2. The van der Waals surface area contributed by atoms with Crippen molar-refractivity contribution in [1.82, 2.24) is 4.57 Å². The third-order valence-corrected chi connectivity index (χ3v) is 6.56. The number of ether oxygens (including phenoxy) is 4. The summed E-state index contributed by atoms with van der Waals surface area (Å²) in [7, 11) is 6.00. The molecule has 8 nitrogen and oxygen atoms in total. The van der Waals surface area contributed by atoms with E-state index in [9.17, 15) is 9.59 Å². The molecular weight excluding hydrogens is 456 g/mol. The Hall–Kier alpha value is -3.85. The van der Waals surface area contributed by atoms with Crippen LogP contribution in [0.4, 0.5) is 0 Å². The molecule has 0 spiro atoms. The Bertz CT molecular complexity index is 1450. The molecule has 1 atom stereocenters. The molecule has 2 aromatic carbocycles. The van der Waals surface area contributed by atoms with Crippen LogP contribution in [-0.2, 0) is 9.53 Å². The third kappa shape index (κ3) is 3.99. The van der Waals surface area contributed by atoms with Crippen LogP contribution in [0, 0.1) is 0 Å². The molecule has 34 heavy (non-hydrogen) atoms. The largest absolute Gasteiger partial charge is 0.497 e. The van der Waals surface area contributed by atoms with Crippen molar-refractivity contribution < 1.29 is 23.7 Å². The first kappa shape index (κ1) is 23.3. The molecule has 3 aromatic rings. The van der Waals surface area contributed by atoms with E-state index < -0.39 is 12.0 Å². The molecule has 1 unspecified atom stereocenters. The SMILES string of the molecule is COC(=O)C1=C(C)N=c2s/c(=C/c3cccc(OC)c3OC)c(=O)n2C1c1ccc(OC)cc1. The summed E-state index contributed by atoms with van der Waals surface area (Å²) in [5, 5.41) is 0. The van der Waals surface area contributed by atoms with Crippen molar-refractivity contribution in [2.75, 3.05) is 28.4 Å². The van der Waals surface area contributed by atoms with E-state index in [-0.39, 0.29) is 5.56 Å². The second kappa shape index (κ2) is 9.56. The highest BCUT2D eigenvalue weighted by Gasteiger charge is 2.33. The first-order valence-electron chi connectivity index (χ1n) is 10.4. The molecule has 0 saturated carbocycles. The monoisotopic (exact) mass is 480 g/mol. The maximum Gasteiger partial charge on any atom is 0.338 e. The van der Waals surface area contributed by atoms with Crippen LogP contribution < -0.4 is 29.1 Å². The maximum atomic E-state index is 13.7. The number of aromatic nitrogens is 1. The molecule has 1 aliphatic rings. The highest BCUT2D eigenvalue weighted by molar-refractivity contribution is 7.07. The highest BCUT2D eigenvalue weighted by atomic mass is 32.1. The number of esters is 1. The molecule has 176 valence electrons. The molecule has 1 aliphatic heterocycles. The zero-order valence-corrected chi connectivity index (χ0v) is 20.3. The molecular formula is C25H24N2O6S. The number of thiazole rings is 1. The summed E-state index contributed by atoms with van der Waals surface area (Å²) in [5.74, 6) is 1.21. The molecule has 1 aromatic heterocycles. The van der Waals surface area contributed by atoms with Gasteiger partial charge in [0.2, 0.25) is 0 Å². The van der Waals surface area contributed by atoms with Crippen LogP contribution in [0.15, 0.2) is 63.5 Å². The van der Waals surface area contributed by atoms with E-state index in [1.807, 2.05) is 24.3 Å². The minimum absolute atomic E-state index is 0.275. The average molecular weight is 481 g/mol. The molecule has 0 radical (unpaired) electrons. The summed E-state index contributed by atoms with van der Waals surface area (Å²) in [6.45, 7) is 1.74. The number of hydrogen-bond acceptors (Lipinski definition) is 8. The smallest absolute Gasteiger partial charge is 0.338 e. The number of rotatable bonds is 6. The van der Waals surface area contributed by atoms with E-state index in [0.717, 1.165) is 5.56 Å². The van der Waals surface area contributed by atoms with Gasteiger partial charge in [0.1, 0.15) is 5.75 Å². The summed E-state index contributed by atoms with van der Waals surface area (Å²) >= 11 is 1.24. The van der Waals surface area contributed by atoms with Gasteiger partial charge in [-0.15, -0.1) is 0 Å². The molecule has 4 rings (SSSR count). The average Bonchev–Trinajstić information content (AvgIpc) is 3.16. The summed E-state index contributed by atoms with van der Waals surface area (Å²) in [6, 6.07) is 12.0. The molecule has 0 N–H and O–H groups in total. The Morgan fingerprint density at radius 1 is 1.03 bits per heavy atom. The number of fused-ring (bicyclic) bond motifs is 1. The number of para-hydroxylation sites is 1. The topological polar surface area (TPSA) is 88.4 Å². The van der Waals surface area contributed by atoms with Crippen molar-refractivity contribution >= 4 is 23.4 Å². The predicted octanol–water partition coefficient (Wildman–Crippen LogP) is 2.43. The van der Waals surface area contributed by atoms with E-state index in [1.54, 1.807) is 52.5 Å². The third-order valence-electron chi connectivity index (χ3n) is 5.58.